The second-order valence-corrected chi connectivity index (χ2v) is 4.70. The van der Waals surface area contributed by atoms with Crippen LogP contribution in [0.3, 0.4) is 0 Å². The summed E-state index contributed by atoms with van der Waals surface area (Å²) in [4.78, 5) is 11.7. The molecule has 0 aliphatic carbocycles. The number of carbonyl (C=O) groups is 1. The number of hydrogen-bond acceptors (Lipinski definition) is 2. The Morgan fingerprint density at radius 3 is 2.52 bits per heavy atom. The number of methoxy groups -OCH3 is 1. The maximum atomic E-state index is 11.7. The van der Waals surface area contributed by atoms with E-state index < -0.39 is 0 Å². The van der Waals surface area contributed by atoms with Crippen LogP contribution in [0.4, 0.5) is 4.79 Å². The fourth-order valence-electron chi connectivity index (χ4n) is 1.99. The molecule has 2 N–H and O–H groups in total. The van der Waals surface area contributed by atoms with Crippen LogP contribution in [0.1, 0.15) is 11.1 Å². The molecule has 0 heterocycles. The van der Waals surface area contributed by atoms with Crippen molar-refractivity contribution in [2.24, 2.45) is 0 Å². The van der Waals surface area contributed by atoms with Crippen molar-refractivity contribution >= 4 is 6.03 Å². The van der Waals surface area contributed by atoms with E-state index in [0.717, 1.165) is 23.3 Å². The minimum atomic E-state index is -0.151. The number of carbonyl (C=O) groups excluding carboxylic acids is 1. The molecule has 0 radical (unpaired) electrons. The molecule has 2 aromatic carbocycles. The number of ether oxygens (including phenoxy) is 1. The first-order valence-corrected chi connectivity index (χ1v) is 6.96. The van der Waals surface area contributed by atoms with E-state index in [9.17, 15) is 4.79 Å². The Bertz CT molecular complexity index is 570. The van der Waals surface area contributed by atoms with Gasteiger partial charge < -0.3 is 15.4 Å². The number of hydrogen-bond donors (Lipinski definition) is 2. The monoisotopic (exact) mass is 284 g/mol. The summed E-state index contributed by atoms with van der Waals surface area (Å²) in [7, 11) is 1.65. The van der Waals surface area contributed by atoms with Crippen molar-refractivity contribution in [2.75, 3.05) is 13.7 Å². The molecule has 0 saturated heterocycles. The van der Waals surface area contributed by atoms with Crippen LogP contribution in [0.15, 0.2) is 54.6 Å². The number of benzene rings is 2. The third-order valence-electron chi connectivity index (χ3n) is 3.13. The highest BCUT2D eigenvalue weighted by Gasteiger charge is 2.01. The molecule has 4 heteroatoms. The summed E-state index contributed by atoms with van der Waals surface area (Å²) in [6.45, 7) is 1.12. The zero-order chi connectivity index (χ0) is 14.9. The van der Waals surface area contributed by atoms with Crippen LogP contribution < -0.4 is 15.4 Å². The zero-order valence-corrected chi connectivity index (χ0v) is 12.1. The highest BCUT2D eigenvalue weighted by Crippen LogP contribution is 2.12. The molecule has 0 unspecified atom stereocenters. The molecule has 0 bridgehead atoms. The highest BCUT2D eigenvalue weighted by molar-refractivity contribution is 5.73. The average Bonchev–Trinajstić information content (AvgIpc) is 2.54. The summed E-state index contributed by atoms with van der Waals surface area (Å²) in [6, 6.07) is 17.5. The Kier molecular flexibility index (Phi) is 5.64. The molecular formula is C17H20N2O2. The number of rotatable bonds is 6. The van der Waals surface area contributed by atoms with Crippen molar-refractivity contribution in [3.63, 3.8) is 0 Å². The number of nitrogens with one attached hydrogen (secondary N) is 2. The average molecular weight is 284 g/mol. The van der Waals surface area contributed by atoms with Gasteiger partial charge in [-0.2, -0.15) is 0 Å². The molecule has 0 fully saturated rings. The van der Waals surface area contributed by atoms with Crippen molar-refractivity contribution in [3.8, 4) is 5.75 Å². The van der Waals surface area contributed by atoms with E-state index in [1.54, 1.807) is 7.11 Å². The van der Waals surface area contributed by atoms with E-state index in [-0.39, 0.29) is 6.03 Å². The standard InChI is InChI=1S/C17H20N2O2/c1-21-16-9-5-8-14(12-16)10-11-18-17(20)19-13-15-6-3-2-4-7-15/h2-9,12H,10-11,13H2,1H3,(H2,18,19,20). The Hall–Kier alpha value is -2.49. The molecule has 2 rings (SSSR count). The van der Waals surface area contributed by atoms with E-state index >= 15 is 0 Å². The second-order valence-electron chi connectivity index (χ2n) is 4.70. The van der Waals surface area contributed by atoms with Gasteiger partial charge in [0.15, 0.2) is 0 Å². The molecule has 0 atom stereocenters. The first-order chi connectivity index (χ1) is 10.3. The van der Waals surface area contributed by atoms with Gasteiger partial charge >= 0.3 is 6.03 Å². The molecule has 21 heavy (non-hydrogen) atoms. The molecule has 2 amide bonds. The largest absolute Gasteiger partial charge is 0.497 e. The lowest BCUT2D eigenvalue weighted by Gasteiger charge is -2.08. The maximum Gasteiger partial charge on any atom is 0.315 e. The van der Waals surface area contributed by atoms with E-state index in [0.29, 0.717) is 13.1 Å². The molecule has 2 aromatic rings. The number of amides is 2. The Morgan fingerprint density at radius 1 is 1.00 bits per heavy atom. The van der Waals surface area contributed by atoms with Gasteiger partial charge in [0.25, 0.3) is 0 Å². The highest BCUT2D eigenvalue weighted by atomic mass is 16.5. The fraction of sp³-hybridized carbons (Fsp3) is 0.235. The third-order valence-corrected chi connectivity index (χ3v) is 3.13. The first kappa shape index (κ1) is 14.9. The summed E-state index contributed by atoms with van der Waals surface area (Å²) < 4.78 is 5.17. The van der Waals surface area contributed by atoms with Crippen LogP contribution in [-0.2, 0) is 13.0 Å². The summed E-state index contributed by atoms with van der Waals surface area (Å²) >= 11 is 0. The van der Waals surface area contributed by atoms with E-state index in [1.165, 1.54) is 0 Å². The maximum absolute atomic E-state index is 11.7. The van der Waals surface area contributed by atoms with Crippen molar-refractivity contribution in [3.05, 3.63) is 65.7 Å². The molecule has 0 spiro atoms. The summed E-state index contributed by atoms with van der Waals surface area (Å²) in [5.41, 5.74) is 2.22. The SMILES string of the molecule is COc1cccc(CCNC(=O)NCc2ccccc2)c1. The topological polar surface area (TPSA) is 50.4 Å². The van der Waals surface area contributed by atoms with Gasteiger partial charge in [0.2, 0.25) is 0 Å². The van der Waals surface area contributed by atoms with Crippen LogP contribution in [0.2, 0.25) is 0 Å². The molecule has 0 aromatic heterocycles. The van der Waals surface area contributed by atoms with Gasteiger partial charge in [-0.15, -0.1) is 0 Å². The Labute approximate surface area is 125 Å². The van der Waals surface area contributed by atoms with Crippen molar-refractivity contribution in [2.45, 2.75) is 13.0 Å². The summed E-state index contributed by atoms with van der Waals surface area (Å²) in [5, 5.41) is 5.68. The quantitative estimate of drug-likeness (QED) is 0.857. The van der Waals surface area contributed by atoms with E-state index in [4.69, 9.17) is 4.74 Å². The first-order valence-electron chi connectivity index (χ1n) is 6.96. The van der Waals surface area contributed by atoms with Gasteiger partial charge in [-0.05, 0) is 29.7 Å². The summed E-state index contributed by atoms with van der Waals surface area (Å²) in [6.07, 6.45) is 0.774. The van der Waals surface area contributed by atoms with Crippen LogP contribution in [0, 0.1) is 0 Å². The van der Waals surface area contributed by atoms with E-state index in [1.807, 2.05) is 54.6 Å². The van der Waals surface area contributed by atoms with E-state index in [2.05, 4.69) is 10.6 Å². The van der Waals surface area contributed by atoms with Gasteiger partial charge in [-0.1, -0.05) is 42.5 Å². The lowest BCUT2D eigenvalue weighted by molar-refractivity contribution is 0.240. The van der Waals surface area contributed by atoms with Gasteiger partial charge in [0.05, 0.1) is 7.11 Å². The van der Waals surface area contributed by atoms with Crippen molar-refractivity contribution in [1.29, 1.82) is 0 Å². The molecule has 4 nitrogen and oxygen atoms in total. The lowest BCUT2D eigenvalue weighted by atomic mass is 10.1. The summed E-state index contributed by atoms with van der Waals surface area (Å²) in [5.74, 6) is 0.834. The normalized spacial score (nSPS) is 9.95. The fourth-order valence-corrected chi connectivity index (χ4v) is 1.99. The molecule has 110 valence electrons. The molecule has 0 saturated carbocycles. The van der Waals surface area contributed by atoms with Crippen LogP contribution in [0.25, 0.3) is 0 Å². The number of urea groups is 1. The Balaban J connectivity index is 1.69. The van der Waals surface area contributed by atoms with Gasteiger partial charge in [0.1, 0.15) is 5.75 Å². The third kappa shape index (κ3) is 5.18. The lowest BCUT2D eigenvalue weighted by Crippen LogP contribution is -2.36. The van der Waals surface area contributed by atoms with Crippen LogP contribution in [0.5, 0.6) is 5.75 Å². The van der Waals surface area contributed by atoms with Crippen LogP contribution in [-0.4, -0.2) is 19.7 Å². The van der Waals surface area contributed by atoms with Crippen LogP contribution >= 0.6 is 0 Å². The minimum absolute atomic E-state index is 0.151. The van der Waals surface area contributed by atoms with Crippen molar-refractivity contribution < 1.29 is 9.53 Å². The molecule has 0 aliphatic rings. The van der Waals surface area contributed by atoms with Gasteiger partial charge in [-0.25, -0.2) is 4.79 Å². The minimum Gasteiger partial charge on any atom is -0.497 e. The Morgan fingerprint density at radius 2 is 1.76 bits per heavy atom. The second kappa shape index (κ2) is 7.94. The predicted molar refractivity (Wildman–Crippen MR) is 83.4 cm³/mol. The van der Waals surface area contributed by atoms with Gasteiger partial charge in [-0.3, -0.25) is 0 Å². The molecular weight excluding hydrogens is 264 g/mol. The smallest absolute Gasteiger partial charge is 0.315 e. The predicted octanol–water partition coefficient (Wildman–Crippen LogP) is 2.74. The van der Waals surface area contributed by atoms with Gasteiger partial charge in [0, 0.05) is 13.1 Å². The zero-order valence-electron chi connectivity index (χ0n) is 12.1. The molecule has 0 aliphatic heterocycles. The van der Waals surface area contributed by atoms with Crippen molar-refractivity contribution in [1.82, 2.24) is 10.6 Å².